The number of rotatable bonds is 3. The molecule has 1 saturated carbocycles. The van der Waals surface area contributed by atoms with E-state index in [2.05, 4.69) is 24.5 Å². The van der Waals surface area contributed by atoms with Crippen molar-refractivity contribution in [2.45, 2.75) is 58.1 Å². The van der Waals surface area contributed by atoms with E-state index in [0.29, 0.717) is 19.1 Å². The van der Waals surface area contributed by atoms with Crippen LogP contribution in [0.1, 0.15) is 46.0 Å². The van der Waals surface area contributed by atoms with Crippen LogP contribution in [0.5, 0.6) is 0 Å². The third-order valence-electron chi connectivity index (χ3n) is 4.26. The lowest BCUT2D eigenvalue weighted by molar-refractivity contribution is -0.126. The van der Waals surface area contributed by atoms with Gasteiger partial charge in [-0.05, 0) is 18.3 Å². The zero-order valence-electron chi connectivity index (χ0n) is 11.6. The molecule has 4 nitrogen and oxygen atoms in total. The minimum absolute atomic E-state index is 0.0467. The molecule has 2 atom stereocenters. The Morgan fingerprint density at radius 1 is 1.44 bits per heavy atom. The summed E-state index contributed by atoms with van der Waals surface area (Å²) >= 11 is 0. The molecular formula is C14H26N2O2. The summed E-state index contributed by atoms with van der Waals surface area (Å²) in [6.45, 7) is 6.92. The van der Waals surface area contributed by atoms with E-state index in [9.17, 15) is 4.79 Å². The van der Waals surface area contributed by atoms with E-state index in [1.54, 1.807) is 0 Å². The molecule has 2 N–H and O–H groups in total. The van der Waals surface area contributed by atoms with Crippen LogP contribution in [0.3, 0.4) is 0 Å². The predicted octanol–water partition coefficient (Wildman–Crippen LogP) is 1.45. The summed E-state index contributed by atoms with van der Waals surface area (Å²) in [5, 5.41) is 6.46. The number of carbonyl (C=O) groups is 1. The van der Waals surface area contributed by atoms with Gasteiger partial charge < -0.3 is 15.4 Å². The van der Waals surface area contributed by atoms with Crippen molar-refractivity contribution in [3.05, 3.63) is 0 Å². The summed E-state index contributed by atoms with van der Waals surface area (Å²) in [6, 6.07) is 0.329. The van der Waals surface area contributed by atoms with Gasteiger partial charge in [0.25, 0.3) is 0 Å². The van der Waals surface area contributed by atoms with Gasteiger partial charge in [-0.3, -0.25) is 4.79 Å². The van der Waals surface area contributed by atoms with Crippen molar-refractivity contribution >= 4 is 5.91 Å². The Bertz CT molecular complexity index is 286. The van der Waals surface area contributed by atoms with Crippen molar-refractivity contribution in [1.29, 1.82) is 0 Å². The van der Waals surface area contributed by atoms with Crippen molar-refractivity contribution in [2.24, 2.45) is 5.41 Å². The largest absolute Gasteiger partial charge is 0.375 e. The van der Waals surface area contributed by atoms with E-state index in [1.165, 1.54) is 19.3 Å². The Hall–Kier alpha value is -0.610. The highest BCUT2D eigenvalue weighted by Crippen LogP contribution is 2.35. The predicted molar refractivity (Wildman–Crippen MR) is 71.4 cm³/mol. The van der Waals surface area contributed by atoms with Gasteiger partial charge in [0.15, 0.2) is 0 Å². The summed E-state index contributed by atoms with van der Waals surface area (Å²) in [6.07, 6.45) is 5.37. The molecule has 1 amide bonds. The standard InChI is InChI=1S/C14H26N2O2/c1-14(2)6-4-3-5-12(14)16-13(17)9-11-10-15-7-8-18-11/h11-12,15H,3-10H2,1-2H3,(H,16,17). The fourth-order valence-corrected chi connectivity index (χ4v) is 2.97. The van der Waals surface area contributed by atoms with Crippen LogP contribution in [-0.2, 0) is 9.53 Å². The van der Waals surface area contributed by atoms with Crippen molar-refractivity contribution < 1.29 is 9.53 Å². The molecule has 1 saturated heterocycles. The third-order valence-corrected chi connectivity index (χ3v) is 4.26. The average Bonchev–Trinajstić information content (AvgIpc) is 2.33. The van der Waals surface area contributed by atoms with E-state index in [0.717, 1.165) is 19.5 Å². The Labute approximate surface area is 110 Å². The zero-order chi connectivity index (χ0) is 13.0. The lowest BCUT2D eigenvalue weighted by Crippen LogP contribution is -2.49. The highest BCUT2D eigenvalue weighted by molar-refractivity contribution is 5.76. The molecule has 0 bridgehead atoms. The minimum atomic E-state index is 0.0467. The third kappa shape index (κ3) is 3.69. The molecule has 0 radical (unpaired) electrons. The van der Waals surface area contributed by atoms with E-state index in [4.69, 9.17) is 4.74 Å². The van der Waals surface area contributed by atoms with Gasteiger partial charge in [-0.2, -0.15) is 0 Å². The van der Waals surface area contributed by atoms with E-state index < -0.39 is 0 Å². The fourth-order valence-electron chi connectivity index (χ4n) is 2.97. The normalized spacial score (nSPS) is 31.9. The average molecular weight is 254 g/mol. The monoisotopic (exact) mass is 254 g/mol. The van der Waals surface area contributed by atoms with Gasteiger partial charge in [0.2, 0.25) is 5.91 Å². The van der Waals surface area contributed by atoms with Crippen LogP contribution in [0.25, 0.3) is 0 Å². The maximum absolute atomic E-state index is 12.0. The van der Waals surface area contributed by atoms with Crippen LogP contribution in [0.15, 0.2) is 0 Å². The van der Waals surface area contributed by atoms with Crippen molar-refractivity contribution in [2.75, 3.05) is 19.7 Å². The lowest BCUT2D eigenvalue weighted by atomic mass is 9.73. The number of amides is 1. The SMILES string of the molecule is CC1(C)CCCCC1NC(=O)CC1CNCCO1. The fraction of sp³-hybridized carbons (Fsp3) is 0.929. The first-order valence-electron chi connectivity index (χ1n) is 7.19. The van der Waals surface area contributed by atoms with E-state index >= 15 is 0 Å². The number of nitrogens with one attached hydrogen (secondary N) is 2. The van der Waals surface area contributed by atoms with Gasteiger partial charge in [-0.15, -0.1) is 0 Å². The van der Waals surface area contributed by atoms with Crippen LogP contribution in [0.2, 0.25) is 0 Å². The Morgan fingerprint density at radius 3 is 2.94 bits per heavy atom. The number of hydrogen-bond acceptors (Lipinski definition) is 3. The molecule has 2 aliphatic rings. The first-order valence-corrected chi connectivity index (χ1v) is 7.19. The smallest absolute Gasteiger partial charge is 0.222 e. The van der Waals surface area contributed by atoms with Crippen LogP contribution < -0.4 is 10.6 Å². The topological polar surface area (TPSA) is 50.4 Å². The zero-order valence-corrected chi connectivity index (χ0v) is 11.6. The molecule has 1 aliphatic carbocycles. The maximum atomic E-state index is 12.0. The quantitative estimate of drug-likeness (QED) is 0.801. The van der Waals surface area contributed by atoms with Crippen molar-refractivity contribution in [1.82, 2.24) is 10.6 Å². The van der Waals surface area contributed by atoms with Gasteiger partial charge in [-0.25, -0.2) is 0 Å². The van der Waals surface area contributed by atoms with Gasteiger partial charge in [0.05, 0.1) is 19.1 Å². The Balaban J connectivity index is 1.79. The first-order chi connectivity index (χ1) is 8.58. The van der Waals surface area contributed by atoms with E-state index in [1.807, 2.05) is 0 Å². The second kappa shape index (κ2) is 6.02. The lowest BCUT2D eigenvalue weighted by Gasteiger charge is -2.39. The number of ether oxygens (including phenoxy) is 1. The molecule has 0 aromatic carbocycles. The Kier molecular flexibility index (Phi) is 4.62. The first kappa shape index (κ1) is 13.8. The molecule has 0 spiro atoms. The summed E-state index contributed by atoms with van der Waals surface area (Å²) in [5.41, 5.74) is 0.236. The molecule has 0 aromatic heterocycles. The molecule has 104 valence electrons. The van der Waals surface area contributed by atoms with Gasteiger partial charge in [0, 0.05) is 19.1 Å². The Morgan fingerprint density at radius 2 is 2.28 bits per heavy atom. The van der Waals surface area contributed by atoms with E-state index in [-0.39, 0.29) is 17.4 Å². The molecule has 2 rings (SSSR count). The van der Waals surface area contributed by atoms with Crippen LogP contribution in [0.4, 0.5) is 0 Å². The molecule has 0 aromatic rings. The summed E-state index contributed by atoms with van der Waals surface area (Å²) < 4.78 is 5.57. The molecular weight excluding hydrogens is 228 g/mol. The highest BCUT2D eigenvalue weighted by atomic mass is 16.5. The van der Waals surface area contributed by atoms with Crippen molar-refractivity contribution in [3.63, 3.8) is 0 Å². The van der Waals surface area contributed by atoms with Gasteiger partial charge >= 0.3 is 0 Å². The van der Waals surface area contributed by atoms with Crippen LogP contribution in [-0.4, -0.2) is 37.7 Å². The molecule has 2 unspecified atom stereocenters. The van der Waals surface area contributed by atoms with Crippen LogP contribution >= 0.6 is 0 Å². The number of hydrogen-bond donors (Lipinski definition) is 2. The van der Waals surface area contributed by atoms with Crippen molar-refractivity contribution in [3.8, 4) is 0 Å². The molecule has 18 heavy (non-hydrogen) atoms. The van der Waals surface area contributed by atoms with Gasteiger partial charge in [0.1, 0.15) is 0 Å². The highest BCUT2D eigenvalue weighted by Gasteiger charge is 2.33. The summed E-state index contributed by atoms with van der Waals surface area (Å²) in [7, 11) is 0. The maximum Gasteiger partial charge on any atom is 0.222 e. The number of carbonyl (C=O) groups excluding carboxylic acids is 1. The summed E-state index contributed by atoms with van der Waals surface area (Å²) in [4.78, 5) is 12.0. The minimum Gasteiger partial charge on any atom is -0.375 e. The second-order valence-corrected chi connectivity index (χ2v) is 6.26. The van der Waals surface area contributed by atoms with Crippen LogP contribution in [0, 0.1) is 5.41 Å². The second-order valence-electron chi connectivity index (χ2n) is 6.26. The summed E-state index contributed by atoms with van der Waals surface area (Å²) in [5.74, 6) is 0.142. The van der Waals surface area contributed by atoms with Gasteiger partial charge in [-0.1, -0.05) is 26.7 Å². The number of morpholine rings is 1. The molecule has 1 aliphatic heterocycles. The molecule has 2 fully saturated rings. The molecule has 4 heteroatoms. The molecule has 1 heterocycles.